The molecular weight excluding hydrogens is 296 g/mol. The summed E-state index contributed by atoms with van der Waals surface area (Å²) in [5.41, 5.74) is 0.0560. The topological polar surface area (TPSA) is 61.5 Å². The van der Waals surface area contributed by atoms with Crippen molar-refractivity contribution in [2.45, 2.75) is 50.4 Å². The number of hydrogen-bond donors (Lipinski definition) is 0. The van der Waals surface area contributed by atoms with Crippen molar-refractivity contribution in [3.8, 4) is 0 Å². The molecule has 7 nitrogen and oxygen atoms in total. The van der Waals surface area contributed by atoms with Gasteiger partial charge in [-0.25, -0.2) is 9.48 Å². The van der Waals surface area contributed by atoms with E-state index in [1.165, 1.54) is 4.68 Å². The van der Waals surface area contributed by atoms with Gasteiger partial charge in [-0.15, -0.1) is 0 Å². The van der Waals surface area contributed by atoms with Crippen molar-refractivity contribution in [2.75, 3.05) is 32.8 Å². The fourth-order valence-corrected chi connectivity index (χ4v) is 3.73. The molecule has 0 spiro atoms. The zero-order valence-corrected chi connectivity index (χ0v) is 13.8. The average molecular weight is 322 g/mol. The van der Waals surface area contributed by atoms with E-state index < -0.39 is 0 Å². The Bertz CT molecular complexity index is 593. The number of ether oxygens (including phenoxy) is 2. The Morgan fingerprint density at radius 1 is 1.13 bits per heavy atom. The SMILES string of the molecule is Cn1nc(C2CCN(CCC3OCCO3)CC2)n(C2CC2)c1=O. The molecule has 0 atom stereocenters. The molecule has 4 rings (SSSR count). The van der Waals surface area contributed by atoms with E-state index in [-0.39, 0.29) is 12.0 Å². The van der Waals surface area contributed by atoms with Gasteiger partial charge in [-0.2, -0.15) is 5.10 Å². The van der Waals surface area contributed by atoms with Crippen molar-refractivity contribution in [2.24, 2.45) is 7.05 Å². The monoisotopic (exact) mass is 322 g/mol. The number of aryl methyl sites for hydroxylation is 1. The summed E-state index contributed by atoms with van der Waals surface area (Å²) in [5, 5.41) is 4.54. The Labute approximate surface area is 136 Å². The number of hydrogen-bond acceptors (Lipinski definition) is 5. The smallest absolute Gasteiger partial charge is 0.345 e. The van der Waals surface area contributed by atoms with Crippen molar-refractivity contribution >= 4 is 0 Å². The summed E-state index contributed by atoms with van der Waals surface area (Å²) >= 11 is 0. The Hall–Kier alpha value is -1.18. The summed E-state index contributed by atoms with van der Waals surface area (Å²) < 4.78 is 14.5. The molecule has 3 fully saturated rings. The summed E-state index contributed by atoms with van der Waals surface area (Å²) in [7, 11) is 1.77. The highest BCUT2D eigenvalue weighted by atomic mass is 16.7. The average Bonchev–Trinajstić information content (AvgIpc) is 3.17. The lowest BCUT2D eigenvalue weighted by Crippen LogP contribution is -2.36. The van der Waals surface area contributed by atoms with E-state index in [0.717, 1.165) is 70.8 Å². The fourth-order valence-electron chi connectivity index (χ4n) is 3.73. The van der Waals surface area contributed by atoms with Gasteiger partial charge >= 0.3 is 5.69 Å². The van der Waals surface area contributed by atoms with Crippen LogP contribution in [0, 0.1) is 0 Å². The van der Waals surface area contributed by atoms with Gasteiger partial charge in [-0.05, 0) is 38.8 Å². The third-order valence-electron chi connectivity index (χ3n) is 5.22. The summed E-state index contributed by atoms with van der Waals surface area (Å²) in [4.78, 5) is 14.7. The Morgan fingerprint density at radius 3 is 2.48 bits per heavy atom. The second-order valence-electron chi connectivity index (χ2n) is 6.94. The number of aromatic nitrogens is 3. The van der Waals surface area contributed by atoms with Crippen LogP contribution in [-0.2, 0) is 16.5 Å². The van der Waals surface area contributed by atoms with Crippen LogP contribution in [0.5, 0.6) is 0 Å². The van der Waals surface area contributed by atoms with Crippen LogP contribution < -0.4 is 5.69 Å². The van der Waals surface area contributed by atoms with Gasteiger partial charge in [0, 0.05) is 32.0 Å². The first-order valence-electron chi connectivity index (χ1n) is 8.83. The summed E-state index contributed by atoms with van der Waals surface area (Å²) in [6.07, 6.45) is 5.34. The van der Waals surface area contributed by atoms with Crippen LogP contribution in [0.25, 0.3) is 0 Å². The molecule has 0 amide bonds. The molecule has 3 heterocycles. The zero-order chi connectivity index (χ0) is 15.8. The van der Waals surface area contributed by atoms with Gasteiger partial charge in [0.05, 0.1) is 13.2 Å². The van der Waals surface area contributed by atoms with Crippen molar-refractivity contribution in [1.29, 1.82) is 0 Å². The second-order valence-corrected chi connectivity index (χ2v) is 6.94. The van der Waals surface area contributed by atoms with Gasteiger partial charge in [0.25, 0.3) is 0 Å². The molecule has 0 bridgehead atoms. The minimum atomic E-state index is -0.0106. The van der Waals surface area contributed by atoms with Crippen LogP contribution in [0.4, 0.5) is 0 Å². The summed E-state index contributed by atoms with van der Waals surface area (Å²) in [5.74, 6) is 1.43. The quantitative estimate of drug-likeness (QED) is 0.805. The van der Waals surface area contributed by atoms with Gasteiger partial charge in [-0.1, -0.05) is 0 Å². The van der Waals surface area contributed by atoms with Crippen molar-refractivity contribution in [3.05, 3.63) is 16.3 Å². The van der Waals surface area contributed by atoms with E-state index in [1.807, 2.05) is 4.57 Å². The lowest BCUT2D eigenvalue weighted by Gasteiger charge is -2.31. The molecule has 0 radical (unpaired) electrons. The standard InChI is InChI=1S/C16H26N4O3/c1-18-16(21)20(13-2-3-13)15(17-18)12-4-7-19(8-5-12)9-6-14-22-10-11-23-14/h12-14H,2-11H2,1H3. The van der Waals surface area contributed by atoms with Gasteiger partial charge in [0.15, 0.2) is 6.29 Å². The third-order valence-corrected chi connectivity index (χ3v) is 5.22. The van der Waals surface area contributed by atoms with E-state index in [1.54, 1.807) is 7.05 Å². The van der Waals surface area contributed by atoms with E-state index in [0.29, 0.717) is 12.0 Å². The molecule has 23 heavy (non-hydrogen) atoms. The van der Waals surface area contributed by atoms with Gasteiger partial charge in [0.1, 0.15) is 5.82 Å². The Kier molecular flexibility index (Phi) is 4.26. The number of nitrogens with zero attached hydrogens (tertiary/aromatic N) is 4. The molecule has 0 N–H and O–H groups in total. The van der Waals surface area contributed by atoms with Gasteiger partial charge in [0.2, 0.25) is 0 Å². The van der Waals surface area contributed by atoms with Crippen LogP contribution in [0.1, 0.15) is 49.9 Å². The molecule has 128 valence electrons. The maximum atomic E-state index is 12.3. The minimum absolute atomic E-state index is 0.0106. The van der Waals surface area contributed by atoms with Crippen LogP contribution >= 0.6 is 0 Å². The van der Waals surface area contributed by atoms with Crippen LogP contribution in [0.3, 0.4) is 0 Å². The Balaban J connectivity index is 1.34. The lowest BCUT2D eigenvalue weighted by molar-refractivity contribution is -0.0524. The highest BCUT2D eigenvalue weighted by Gasteiger charge is 2.33. The number of piperidine rings is 1. The molecule has 1 saturated carbocycles. The minimum Gasteiger partial charge on any atom is -0.350 e. The first-order valence-corrected chi connectivity index (χ1v) is 8.83. The lowest BCUT2D eigenvalue weighted by atomic mass is 9.95. The van der Waals surface area contributed by atoms with Crippen molar-refractivity contribution < 1.29 is 9.47 Å². The summed E-state index contributed by atoms with van der Waals surface area (Å²) in [6.45, 7) is 4.60. The van der Waals surface area contributed by atoms with E-state index in [4.69, 9.17) is 9.47 Å². The first kappa shape index (κ1) is 15.4. The molecule has 1 aromatic heterocycles. The van der Waals surface area contributed by atoms with Crippen molar-refractivity contribution in [1.82, 2.24) is 19.2 Å². The number of rotatable bonds is 5. The van der Waals surface area contributed by atoms with Gasteiger partial charge in [-0.3, -0.25) is 4.57 Å². The highest BCUT2D eigenvalue weighted by molar-refractivity contribution is 5.04. The molecule has 0 unspecified atom stereocenters. The Morgan fingerprint density at radius 2 is 1.83 bits per heavy atom. The third kappa shape index (κ3) is 3.22. The highest BCUT2D eigenvalue weighted by Crippen LogP contribution is 2.37. The second kappa shape index (κ2) is 6.37. The van der Waals surface area contributed by atoms with E-state index in [2.05, 4.69) is 10.00 Å². The number of likely N-dealkylation sites (tertiary alicyclic amines) is 1. The van der Waals surface area contributed by atoms with E-state index in [9.17, 15) is 4.79 Å². The fraction of sp³-hybridized carbons (Fsp3) is 0.875. The maximum absolute atomic E-state index is 12.3. The van der Waals surface area contributed by atoms with Crippen LogP contribution in [0.2, 0.25) is 0 Å². The predicted octanol–water partition coefficient (Wildman–Crippen LogP) is 0.859. The molecule has 2 saturated heterocycles. The molecule has 3 aliphatic rings. The summed E-state index contributed by atoms with van der Waals surface area (Å²) in [6, 6.07) is 0.404. The maximum Gasteiger partial charge on any atom is 0.345 e. The molecule has 1 aliphatic carbocycles. The van der Waals surface area contributed by atoms with Crippen LogP contribution in [0.15, 0.2) is 4.79 Å². The first-order chi connectivity index (χ1) is 11.2. The molecule has 0 aromatic carbocycles. The zero-order valence-electron chi connectivity index (χ0n) is 13.8. The van der Waals surface area contributed by atoms with Gasteiger partial charge < -0.3 is 14.4 Å². The van der Waals surface area contributed by atoms with E-state index >= 15 is 0 Å². The molecular formula is C16H26N4O3. The van der Waals surface area contributed by atoms with Crippen LogP contribution in [-0.4, -0.2) is 58.4 Å². The largest absolute Gasteiger partial charge is 0.350 e. The molecule has 7 heteroatoms. The molecule has 2 aliphatic heterocycles. The van der Waals surface area contributed by atoms with Crippen molar-refractivity contribution in [3.63, 3.8) is 0 Å². The normalized spacial score (nSPS) is 24.6. The predicted molar refractivity (Wildman–Crippen MR) is 84.5 cm³/mol. The molecule has 1 aromatic rings.